The minimum atomic E-state index is -1.30. The fourth-order valence-corrected chi connectivity index (χ4v) is 1.61. The Kier molecular flexibility index (Phi) is 7.07. The summed E-state index contributed by atoms with van der Waals surface area (Å²) in [5.41, 5.74) is -0.295. The zero-order valence-electron chi connectivity index (χ0n) is 11.9. The molecule has 0 amide bonds. The molecule has 0 radical (unpaired) electrons. The van der Waals surface area contributed by atoms with Crippen LogP contribution in [0, 0.1) is 5.82 Å². The third-order valence-electron chi connectivity index (χ3n) is 2.59. The topological polar surface area (TPSA) is 85.2 Å². The minimum absolute atomic E-state index is 0.0264. The van der Waals surface area contributed by atoms with Crippen molar-refractivity contribution in [3.05, 3.63) is 29.6 Å². The first kappa shape index (κ1) is 17.4. The molecule has 0 bridgehead atoms. The maximum Gasteiger partial charge on any atom is 0.339 e. The van der Waals surface area contributed by atoms with Gasteiger partial charge in [0, 0.05) is 7.11 Å². The van der Waals surface area contributed by atoms with E-state index >= 15 is 0 Å². The lowest BCUT2D eigenvalue weighted by Crippen LogP contribution is -2.28. The van der Waals surface area contributed by atoms with Gasteiger partial charge in [-0.1, -0.05) is 6.07 Å². The molecule has 21 heavy (non-hydrogen) atoms. The second-order valence-corrected chi connectivity index (χ2v) is 4.49. The molecule has 0 saturated carbocycles. The predicted octanol–water partition coefficient (Wildman–Crippen LogP) is 1.32. The normalized spacial score (nSPS) is 13.7. The zero-order valence-corrected chi connectivity index (χ0v) is 11.9. The van der Waals surface area contributed by atoms with E-state index in [1.54, 1.807) is 6.92 Å². The van der Waals surface area contributed by atoms with Crippen molar-refractivity contribution in [1.29, 1.82) is 0 Å². The molecular formula is C14H19FO6. The maximum atomic E-state index is 13.6. The summed E-state index contributed by atoms with van der Waals surface area (Å²) in [6, 6.07) is 3.59. The summed E-state index contributed by atoms with van der Waals surface area (Å²) in [5, 5.41) is 18.6. The fraction of sp³-hybridized carbons (Fsp3) is 0.500. The second kappa shape index (κ2) is 8.56. The molecule has 0 aliphatic heterocycles. The number of hydrogen-bond acceptors (Lipinski definition) is 5. The van der Waals surface area contributed by atoms with Crippen LogP contribution in [-0.4, -0.2) is 55.3 Å². The van der Waals surface area contributed by atoms with Gasteiger partial charge in [0.15, 0.2) is 11.6 Å². The van der Waals surface area contributed by atoms with Gasteiger partial charge in [-0.15, -0.1) is 0 Å². The van der Waals surface area contributed by atoms with Crippen LogP contribution in [0.15, 0.2) is 18.2 Å². The number of hydrogen-bond donors (Lipinski definition) is 2. The van der Waals surface area contributed by atoms with E-state index in [2.05, 4.69) is 0 Å². The number of carboxylic acid groups (broad SMARTS) is 1. The molecule has 0 aromatic heterocycles. The SMILES string of the molecule is COCC(C)OCC(O)COc1c(F)cccc1C(=O)O. The van der Waals surface area contributed by atoms with Crippen LogP contribution in [0.1, 0.15) is 17.3 Å². The molecule has 7 heteroatoms. The van der Waals surface area contributed by atoms with Crippen molar-refractivity contribution in [2.75, 3.05) is 26.9 Å². The van der Waals surface area contributed by atoms with E-state index in [4.69, 9.17) is 19.3 Å². The van der Waals surface area contributed by atoms with Crippen LogP contribution < -0.4 is 4.74 Å². The first-order valence-electron chi connectivity index (χ1n) is 6.39. The summed E-state index contributed by atoms with van der Waals surface area (Å²) in [6.45, 7) is 1.85. The number of rotatable bonds is 9. The molecule has 1 aromatic carbocycles. The van der Waals surface area contributed by atoms with Crippen LogP contribution in [0.3, 0.4) is 0 Å². The summed E-state index contributed by atoms with van der Waals surface area (Å²) >= 11 is 0. The van der Waals surface area contributed by atoms with Crippen LogP contribution in [0.4, 0.5) is 4.39 Å². The smallest absolute Gasteiger partial charge is 0.339 e. The summed E-state index contributed by atoms with van der Waals surface area (Å²) in [4.78, 5) is 11.0. The third kappa shape index (κ3) is 5.66. The summed E-state index contributed by atoms with van der Waals surface area (Å²) in [6.07, 6.45) is -1.21. The van der Waals surface area contributed by atoms with Gasteiger partial charge in [-0.3, -0.25) is 0 Å². The van der Waals surface area contributed by atoms with Gasteiger partial charge >= 0.3 is 5.97 Å². The Morgan fingerprint density at radius 3 is 2.67 bits per heavy atom. The molecule has 1 rings (SSSR count). The van der Waals surface area contributed by atoms with E-state index in [0.717, 1.165) is 6.07 Å². The fourth-order valence-electron chi connectivity index (χ4n) is 1.61. The van der Waals surface area contributed by atoms with Crippen LogP contribution in [-0.2, 0) is 9.47 Å². The quantitative estimate of drug-likeness (QED) is 0.715. The van der Waals surface area contributed by atoms with Gasteiger partial charge in [-0.25, -0.2) is 9.18 Å². The number of ether oxygens (including phenoxy) is 3. The number of para-hydroxylation sites is 1. The summed E-state index contributed by atoms with van der Waals surface area (Å²) in [7, 11) is 1.53. The lowest BCUT2D eigenvalue weighted by atomic mass is 10.2. The van der Waals surface area contributed by atoms with Crippen molar-refractivity contribution >= 4 is 5.97 Å². The third-order valence-corrected chi connectivity index (χ3v) is 2.59. The Labute approximate surface area is 122 Å². The van der Waals surface area contributed by atoms with Crippen LogP contribution in [0.5, 0.6) is 5.75 Å². The van der Waals surface area contributed by atoms with Gasteiger partial charge in [0.05, 0.1) is 19.3 Å². The Morgan fingerprint density at radius 2 is 2.05 bits per heavy atom. The van der Waals surface area contributed by atoms with Crippen LogP contribution >= 0.6 is 0 Å². The Bertz CT molecular complexity index is 465. The number of carbonyl (C=O) groups is 1. The molecule has 2 atom stereocenters. The summed E-state index contributed by atoms with van der Waals surface area (Å²) < 4.78 is 28.8. The van der Waals surface area contributed by atoms with E-state index in [1.165, 1.54) is 19.2 Å². The van der Waals surface area contributed by atoms with E-state index in [9.17, 15) is 14.3 Å². The first-order valence-corrected chi connectivity index (χ1v) is 6.39. The Balaban J connectivity index is 2.53. The van der Waals surface area contributed by atoms with Crippen molar-refractivity contribution < 1.29 is 33.6 Å². The molecule has 0 fully saturated rings. The maximum absolute atomic E-state index is 13.6. The van der Waals surface area contributed by atoms with Crippen LogP contribution in [0.25, 0.3) is 0 Å². The predicted molar refractivity (Wildman–Crippen MR) is 72.2 cm³/mol. The highest BCUT2D eigenvalue weighted by atomic mass is 19.1. The number of methoxy groups -OCH3 is 1. The van der Waals surface area contributed by atoms with Gasteiger partial charge in [0.25, 0.3) is 0 Å². The molecule has 1 aromatic rings. The molecule has 118 valence electrons. The van der Waals surface area contributed by atoms with E-state index in [-0.39, 0.29) is 24.9 Å². The zero-order chi connectivity index (χ0) is 15.8. The first-order chi connectivity index (χ1) is 9.95. The number of aliphatic hydroxyl groups is 1. The average Bonchev–Trinajstić information content (AvgIpc) is 2.43. The van der Waals surface area contributed by atoms with Crippen molar-refractivity contribution in [3.63, 3.8) is 0 Å². The van der Waals surface area contributed by atoms with Crippen molar-refractivity contribution in [2.24, 2.45) is 0 Å². The largest absolute Gasteiger partial charge is 0.487 e. The second-order valence-electron chi connectivity index (χ2n) is 4.49. The Morgan fingerprint density at radius 1 is 1.33 bits per heavy atom. The lowest BCUT2D eigenvalue weighted by Gasteiger charge is -2.17. The summed E-state index contributed by atoms with van der Waals surface area (Å²) in [5.74, 6) is -2.49. The minimum Gasteiger partial charge on any atom is -0.487 e. The lowest BCUT2D eigenvalue weighted by molar-refractivity contribution is -0.0426. The standard InChI is InChI=1S/C14H19FO6/c1-9(6-19-2)20-7-10(16)8-21-13-11(14(17)18)4-3-5-12(13)15/h3-5,9-10,16H,6-8H2,1-2H3,(H,17,18). The molecule has 0 aliphatic carbocycles. The van der Waals surface area contributed by atoms with E-state index < -0.39 is 23.6 Å². The number of benzene rings is 1. The van der Waals surface area contributed by atoms with E-state index in [1.807, 2.05) is 0 Å². The van der Waals surface area contributed by atoms with E-state index in [0.29, 0.717) is 6.61 Å². The number of halogens is 1. The molecular weight excluding hydrogens is 283 g/mol. The number of aliphatic hydroxyl groups excluding tert-OH is 1. The van der Waals surface area contributed by atoms with Crippen molar-refractivity contribution in [3.8, 4) is 5.75 Å². The van der Waals surface area contributed by atoms with Crippen LogP contribution in [0.2, 0.25) is 0 Å². The molecule has 0 aliphatic rings. The van der Waals surface area contributed by atoms with Gasteiger partial charge in [-0.05, 0) is 19.1 Å². The molecule has 2 N–H and O–H groups in total. The van der Waals surface area contributed by atoms with Gasteiger partial charge in [0.2, 0.25) is 0 Å². The molecule has 0 heterocycles. The Hall–Kier alpha value is -1.70. The van der Waals surface area contributed by atoms with Gasteiger partial charge < -0.3 is 24.4 Å². The number of aromatic carboxylic acids is 1. The molecule has 0 spiro atoms. The highest BCUT2D eigenvalue weighted by Gasteiger charge is 2.17. The van der Waals surface area contributed by atoms with Crippen molar-refractivity contribution in [1.82, 2.24) is 0 Å². The highest BCUT2D eigenvalue weighted by Crippen LogP contribution is 2.22. The average molecular weight is 302 g/mol. The van der Waals surface area contributed by atoms with Crippen molar-refractivity contribution in [2.45, 2.75) is 19.1 Å². The molecule has 0 saturated heterocycles. The van der Waals surface area contributed by atoms with Gasteiger partial charge in [0.1, 0.15) is 18.3 Å². The monoisotopic (exact) mass is 302 g/mol. The molecule has 2 unspecified atom stereocenters. The molecule has 6 nitrogen and oxygen atoms in total. The number of carboxylic acids is 1. The highest BCUT2D eigenvalue weighted by molar-refractivity contribution is 5.90. The van der Waals surface area contributed by atoms with Gasteiger partial charge in [-0.2, -0.15) is 0 Å².